The molecule has 1 aliphatic rings. The molecule has 0 saturated carbocycles. The number of rotatable bonds is 4. The molecular formula is C12H24F3NO9. The van der Waals surface area contributed by atoms with Crippen LogP contribution in [-0.4, -0.2) is 93.8 Å². The van der Waals surface area contributed by atoms with E-state index < -0.39 is 49.5 Å². The Balaban J connectivity index is 0. The molecule has 0 bridgehead atoms. The van der Waals surface area contributed by atoms with Crippen LogP contribution in [0, 0.1) is 0 Å². The first-order valence-electron chi connectivity index (χ1n) is 7.01. The number of aliphatic hydroxyl groups excluding tert-OH is 5. The summed E-state index contributed by atoms with van der Waals surface area (Å²) < 4.78 is 36.3. The van der Waals surface area contributed by atoms with Crippen LogP contribution in [0.4, 0.5) is 13.2 Å². The molecule has 10 nitrogen and oxygen atoms in total. The van der Waals surface area contributed by atoms with Gasteiger partial charge in [-0.05, 0) is 6.42 Å². The van der Waals surface area contributed by atoms with Gasteiger partial charge in [-0.2, -0.15) is 13.2 Å². The number of hydrogen-bond acceptors (Lipinski definition) is 9. The Morgan fingerprint density at radius 2 is 1.64 bits per heavy atom. The molecule has 0 aliphatic carbocycles. The number of carboxylic acid groups (broad SMARTS) is 1. The van der Waals surface area contributed by atoms with Crippen molar-refractivity contribution >= 4 is 5.97 Å². The van der Waals surface area contributed by atoms with E-state index in [2.05, 4.69) is 17.1 Å². The van der Waals surface area contributed by atoms with E-state index in [0.29, 0.717) is 0 Å². The molecule has 7 N–H and O–H groups in total. The molecule has 1 fully saturated rings. The molecule has 0 radical (unpaired) electrons. The maximum atomic E-state index is 10.6. The van der Waals surface area contributed by atoms with E-state index in [1.165, 1.54) is 0 Å². The highest BCUT2D eigenvalue weighted by Gasteiger charge is 2.42. The molecule has 1 aliphatic heterocycles. The minimum absolute atomic E-state index is 0.526. The summed E-state index contributed by atoms with van der Waals surface area (Å²) in [4.78, 5) is 13.6. The lowest BCUT2D eigenvalue weighted by molar-refractivity contribution is -0.286. The third kappa shape index (κ3) is 11.2. The average molecular weight is 383 g/mol. The molecule has 0 aromatic rings. The van der Waals surface area contributed by atoms with Gasteiger partial charge in [0.15, 0.2) is 6.29 Å². The predicted molar refractivity (Wildman–Crippen MR) is 75.0 cm³/mol. The van der Waals surface area contributed by atoms with Gasteiger partial charge in [-0.3, -0.25) is 0 Å². The first-order valence-corrected chi connectivity index (χ1v) is 7.01. The highest BCUT2D eigenvalue weighted by atomic mass is 19.4. The number of nitrogens with one attached hydrogen (secondary N) is 1. The van der Waals surface area contributed by atoms with Crippen LogP contribution in [0.3, 0.4) is 0 Å². The zero-order valence-electron chi connectivity index (χ0n) is 13.5. The lowest BCUT2D eigenvalue weighted by Crippen LogP contribution is -2.58. The molecule has 0 amide bonds. The van der Waals surface area contributed by atoms with Crippen molar-refractivity contribution in [1.82, 2.24) is 5.48 Å². The fourth-order valence-corrected chi connectivity index (χ4v) is 1.29. The van der Waals surface area contributed by atoms with Crippen LogP contribution in [0.1, 0.15) is 13.3 Å². The van der Waals surface area contributed by atoms with Crippen LogP contribution in [-0.2, 0) is 14.4 Å². The molecule has 0 aromatic heterocycles. The maximum Gasteiger partial charge on any atom is 0.490 e. The Morgan fingerprint density at radius 1 is 1.16 bits per heavy atom. The van der Waals surface area contributed by atoms with Crippen LogP contribution < -0.4 is 5.48 Å². The Bertz CT molecular complexity index is 350. The van der Waals surface area contributed by atoms with E-state index in [1.807, 2.05) is 0 Å². The van der Waals surface area contributed by atoms with Gasteiger partial charge < -0.3 is 40.2 Å². The standard InChI is InChI=1S/C6H12O6.C4H11NO.C2HF3O2/c7-1-2-3(8)4(9)5(10)6(11)12-2;1-3-4-6-5-2;3-2(4,5)1(6)7/h2-11H,1H2;5H,3-4H2,1-2H3;(H,6,7)/t2-,3-,4+,5-,6-;;/m1../s1. The van der Waals surface area contributed by atoms with Crippen molar-refractivity contribution in [3.8, 4) is 0 Å². The van der Waals surface area contributed by atoms with Crippen LogP contribution in [0.2, 0.25) is 0 Å². The van der Waals surface area contributed by atoms with Crippen molar-refractivity contribution in [2.45, 2.75) is 50.2 Å². The Labute approximate surface area is 141 Å². The molecule has 0 unspecified atom stereocenters. The maximum absolute atomic E-state index is 10.6. The highest BCUT2D eigenvalue weighted by molar-refractivity contribution is 5.73. The summed E-state index contributed by atoms with van der Waals surface area (Å²) in [7, 11) is 1.76. The topological polar surface area (TPSA) is 169 Å². The Kier molecular flexibility index (Phi) is 13.8. The molecule has 5 atom stereocenters. The van der Waals surface area contributed by atoms with Crippen molar-refractivity contribution in [1.29, 1.82) is 0 Å². The number of alkyl halides is 3. The Hall–Kier alpha value is -1.06. The van der Waals surface area contributed by atoms with E-state index in [0.717, 1.165) is 13.0 Å². The van der Waals surface area contributed by atoms with Gasteiger partial charge in [0.25, 0.3) is 0 Å². The third-order valence-corrected chi connectivity index (χ3v) is 2.56. The second-order valence-corrected chi connectivity index (χ2v) is 4.57. The second-order valence-electron chi connectivity index (χ2n) is 4.57. The zero-order valence-corrected chi connectivity index (χ0v) is 13.5. The molecule has 1 saturated heterocycles. The lowest BCUT2D eigenvalue weighted by atomic mass is 10.00. The summed E-state index contributed by atoms with van der Waals surface area (Å²) in [6.07, 6.45) is -11.1. The van der Waals surface area contributed by atoms with E-state index in [-0.39, 0.29) is 0 Å². The average Bonchev–Trinajstić information content (AvgIpc) is 2.54. The molecule has 25 heavy (non-hydrogen) atoms. The van der Waals surface area contributed by atoms with Crippen molar-refractivity contribution in [3.05, 3.63) is 0 Å². The van der Waals surface area contributed by atoms with E-state index in [9.17, 15) is 13.2 Å². The molecular weight excluding hydrogens is 359 g/mol. The number of hydrogen-bond donors (Lipinski definition) is 7. The van der Waals surface area contributed by atoms with Gasteiger partial charge >= 0.3 is 12.1 Å². The smallest absolute Gasteiger partial charge is 0.475 e. The molecule has 1 rings (SSSR count). The summed E-state index contributed by atoms with van der Waals surface area (Å²) in [5, 5.41) is 51.8. The summed E-state index contributed by atoms with van der Waals surface area (Å²) in [5.41, 5.74) is 2.57. The van der Waals surface area contributed by atoms with E-state index >= 15 is 0 Å². The van der Waals surface area contributed by atoms with Gasteiger partial charge in [-0.15, -0.1) is 0 Å². The zero-order chi connectivity index (χ0) is 20.2. The van der Waals surface area contributed by atoms with Crippen molar-refractivity contribution < 1.29 is 58.2 Å². The Morgan fingerprint density at radius 3 is 1.92 bits per heavy atom. The SMILES string of the molecule is CCCONC.O=C(O)C(F)(F)F.OC[C@H]1O[C@@H](O)[C@H](O)[C@@H](O)[C@@H]1O. The van der Waals surface area contributed by atoms with Crippen molar-refractivity contribution in [2.75, 3.05) is 20.3 Å². The monoisotopic (exact) mass is 383 g/mol. The summed E-state index contributed by atoms with van der Waals surface area (Å²) in [5.74, 6) is -2.76. The van der Waals surface area contributed by atoms with Gasteiger partial charge in [0.2, 0.25) is 0 Å². The minimum Gasteiger partial charge on any atom is -0.475 e. The molecule has 13 heteroatoms. The number of ether oxygens (including phenoxy) is 1. The van der Waals surface area contributed by atoms with E-state index in [1.54, 1.807) is 7.05 Å². The normalized spacial score (nSPS) is 29.0. The fraction of sp³-hybridized carbons (Fsp3) is 0.917. The number of carbonyl (C=O) groups is 1. The van der Waals surface area contributed by atoms with Gasteiger partial charge in [0.1, 0.15) is 24.4 Å². The van der Waals surface area contributed by atoms with Crippen LogP contribution in [0.5, 0.6) is 0 Å². The first-order chi connectivity index (χ1) is 11.4. The molecule has 0 aromatic carbocycles. The molecule has 1 heterocycles. The van der Waals surface area contributed by atoms with Gasteiger partial charge in [-0.1, -0.05) is 6.92 Å². The van der Waals surface area contributed by atoms with Gasteiger partial charge in [0.05, 0.1) is 13.2 Å². The minimum atomic E-state index is -5.08. The predicted octanol–water partition coefficient (Wildman–Crippen LogP) is -2.04. The number of carboxylic acids is 1. The number of aliphatic hydroxyl groups is 5. The van der Waals surface area contributed by atoms with Crippen LogP contribution >= 0.6 is 0 Å². The van der Waals surface area contributed by atoms with Crippen LogP contribution in [0.25, 0.3) is 0 Å². The number of hydroxylamine groups is 1. The van der Waals surface area contributed by atoms with Gasteiger partial charge in [0, 0.05) is 7.05 Å². The number of aliphatic carboxylic acids is 1. The second kappa shape index (κ2) is 13.2. The fourth-order valence-electron chi connectivity index (χ4n) is 1.29. The van der Waals surface area contributed by atoms with E-state index in [4.69, 9.17) is 40.3 Å². The number of halogens is 3. The third-order valence-electron chi connectivity index (χ3n) is 2.56. The quantitative estimate of drug-likeness (QED) is 0.212. The summed E-state index contributed by atoms with van der Waals surface area (Å²) >= 11 is 0. The lowest BCUT2D eigenvalue weighted by Gasteiger charge is -2.37. The van der Waals surface area contributed by atoms with Crippen molar-refractivity contribution in [3.63, 3.8) is 0 Å². The molecule has 152 valence electrons. The van der Waals surface area contributed by atoms with Crippen molar-refractivity contribution in [2.24, 2.45) is 0 Å². The highest BCUT2D eigenvalue weighted by Crippen LogP contribution is 2.19. The molecule has 0 spiro atoms. The summed E-state index contributed by atoms with van der Waals surface area (Å²) in [6.45, 7) is 2.34. The largest absolute Gasteiger partial charge is 0.490 e. The van der Waals surface area contributed by atoms with Crippen LogP contribution in [0.15, 0.2) is 0 Å². The summed E-state index contributed by atoms with van der Waals surface area (Å²) in [6, 6.07) is 0. The first kappa shape index (κ1) is 26.2. The van der Waals surface area contributed by atoms with Gasteiger partial charge in [-0.25, -0.2) is 10.3 Å².